The first kappa shape index (κ1) is 26.3. The fraction of sp³-hybridized carbons (Fsp3) is 0.286. The van der Waals surface area contributed by atoms with E-state index in [1.807, 2.05) is 0 Å². The third kappa shape index (κ3) is 7.85. The summed E-state index contributed by atoms with van der Waals surface area (Å²) in [5.74, 6) is 0.592. The number of rotatable bonds is 9. The zero-order chi connectivity index (χ0) is 24.4. The van der Waals surface area contributed by atoms with Gasteiger partial charge in [-0.15, -0.1) is 0 Å². The zero-order valence-corrected chi connectivity index (χ0v) is 20.5. The van der Waals surface area contributed by atoms with Gasteiger partial charge in [-0.2, -0.15) is 0 Å². The quantitative estimate of drug-likeness (QED) is 0.264. The standard InChI is InChI=1S/C21H23Cl2N3O6S/c1-29-16-9-12(10-17(30-2)19(16)31-3)20(28)24-21(33)26-25-18(27)5-4-8-32-15-7-6-13(22)11-14(15)23/h6-7,9-11H,4-5,8H2,1-3H3,(H,25,27)(H2,24,26,28,33). The molecular formula is C21H23Cl2N3O6S. The van der Waals surface area contributed by atoms with E-state index < -0.39 is 5.91 Å². The Balaban J connectivity index is 1.78. The molecule has 0 saturated heterocycles. The average molecular weight is 516 g/mol. The van der Waals surface area contributed by atoms with Crippen molar-refractivity contribution in [2.24, 2.45) is 0 Å². The highest BCUT2D eigenvalue weighted by atomic mass is 35.5. The summed E-state index contributed by atoms with van der Waals surface area (Å²) >= 11 is 16.9. The van der Waals surface area contributed by atoms with Crippen LogP contribution in [-0.2, 0) is 4.79 Å². The number of benzene rings is 2. The molecule has 0 aliphatic heterocycles. The van der Waals surface area contributed by atoms with Gasteiger partial charge in [-0.05, 0) is 49.0 Å². The molecule has 0 bridgehead atoms. The first-order valence-electron chi connectivity index (χ1n) is 9.57. The summed E-state index contributed by atoms with van der Waals surface area (Å²) in [6.07, 6.45) is 0.582. The zero-order valence-electron chi connectivity index (χ0n) is 18.1. The molecule has 0 saturated carbocycles. The van der Waals surface area contributed by atoms with E-state index in [9.17, 15) is 9.59 Å². The molecule has 0 spiro atoms. The maximum Gasteiger partial charge on any atom is 0.257 e. The summed E-state index contributed by atoms with van der Waals surface area (Å²) in [6.45, 7) is 0.275. The Morgan fingerprint density at radius 1 is 0.939 bits per heavy atom. The molecule has 2 aromatic carbocycles. The number of hydrazine groups is 1. The molecule has 0 atom stereocenters. The van der Waals surface area contributed by atoms with Crippen LogP contribution in [0.2, 0.25) is 10.0 Å². The van der Waals surface area contributed by atoms with Gasteiger partial charge in [0, 0.05) is 17.0 Å². The number of ether oxygens (including phenoxy) is 4. The van der Waals surface area contributed by atoms with E-state index >= 15 is 0 Å². The van der Waals surface area contributed by atoms with Gasteiger partial charge in [0.05, 0.1) is 33.0 Å². The number of hydrogen-bond acceptors (Lipinski definition) is 7. The van der Waals surface area contributed by atoms with Gasteiger partial charge in [0.15, 0.2) is 16.6 Å². The van der Waals surface area contributed by atoms with Gasteiger partial charge in [-0.25, -0.2) is 0 Å². The lowest BCUT2D eigenvalue weighted by Gasteiger charge is -2.15. The van der Waals surface area contributed by atoms with Crippen molar-refractivity contribution in [1.82, 2.24) is 16.2 Å². The van der Waals surface area contributed by atoms with E-state index in [2.05, 4.69) is 16.2 Å². The first-order chi connectivity index (χ1) is 15.8. The van der Waals surface area contributed by atoms with Crippen LogP contribution < -0.4 is 35.1 Å². The van der Waals surface area contributed by atoms with Crippen LogP contribution in [0.1, 0.15) is 23.2 Å². The molecule has 0 unspecified atom stereocenters. The molecule has 33 heavy (non-hydrogen) atoms. The lowest BCUT2D eigenvalue weighted by atomic mass is 10.1. The Kier molecular flexibility index (Phi) is 10.3. The molecule has 2 aromatic rings. The van der Waals surface area contributed by atoms with Crippen LogP contribution in [0.4, 0.5) is 0 Å². The van der Waals surface area contributed by atoms with Crippen molar-refractivity contribution in [3.8, 4) is 23.0 Å². The molecular weight excluding hydrogens is 493 g/mol. The number of halogens is 2. The van der Waals surface area contributed by atoms with Gasteiger partial charge >= 0.3 is 0 Å². The van der Waals surface area contributed by atoms with Crippen molar-refractivity contribution in [3.05, 3.63) is 45.9 Å². The van der Waals surface area contributed by atoms with E-state index in [0.29, 0.717) is 39.5 Å². The predicted molar refractivity (Wildman–Crippen MR) is 129 cm³/mol. The van der Waals surface area contributed by atoms with E-state index in [-0.39, 0.29) is 29.6 Å². The van der Waals surface area contributed by atoms with Gasteiger partial charge in [-0.1, -0.05) is 23.2 Å². The predicted octanol–water partition coefficient (Wildman–Crippen LogP) is 3.51. The number of carbonyl (C=O) groups excluding carboxylic acids is 2. The second-order valence-corrected chi connectivity index (χ2v) is 7.65. The molecule has 0 radical (unpaired) electrons. The maximum atomic E-state index is 12.5. The molecule has 0 aromatic heterocycles. The van der Waals surface area contributed by atoms with Crippen LogP contribution in [0.15, 0.2) is 30.3 Å². The number of carbonyl (C=O) groups is 2. The number of amides is 2. The highest BCUT2D eigenvalue weighted by molar-refractivity contribution is 7.80. The van der Waals surface area contributed by atoms with Gasteiger partial charge in [-0.3, -0.25) is 25.8 Å². The molecule has 0 aliphatic carbocycles. The van der Waals surface area contributed by atoms with E-state index in [4.69, 9.17) is 54.4 Å². The minimum absolute atomic E-state index is 0.0914. The topological polar surface area (TPSA) is 107 Å². The molecule has 2 rings (SSSR count). The third-order valence-electron chi connectivity index (χ3n) is 4.17. The van der Waals surface area contributed by atoms with Gasteiger partial charge < -0.3 is 18.9 Å². The molecule has 0 aliphatic rings. The van der Waals surface area contributed by atoms with Crippen LogP contribution >= 0.6 is 35.4 Å². The number of nitrogens with one attached hydrogen (secondary N) is 3. The number of hydrogen-bond donors (Lipinski definition) is 3. The highest BCUT2D eigenvalue weighted by Crippen LogP contribution is 2.38. The normalized spacial score (nSPS) is 10.1. The van der Waals surface area contributed by atoms with Crippen LogP contribution in [0.3, 0.4) is 0 Å². The maximum absolute atomic E-state index is 12.5. The molecule has 3 N–H and O–H groups in total. The molecule has 0 fully saturated rings. The van der Waals surface area contributed by atoms with Crippen molar-refractivity contribution in [2.75, 3.05) is 27.9 Å². The highest BCUT2D eigenvalue weighted by Gasteiger charge is 2.17. The summed E-state index contributed by atoms with van der Waals surface area (Å²) in [5.41, 5.74) is 5.10. The smallest absolute Gasteiger partial charge is 0.257 e. The van der Waals surface area contributed by atoms with Gasteiger partial charge in [0.2, 0.25) is 11.7 Å². The van der Waals surface area contributed by atoms with Gasteiger partial charge in [0.1, 0.15) is 5.75 Å². The molecule has 2 amide bonds. The molecule has 0 heterocycles. The second-order valence-electron chi connectivity index (χ2n) is 6.40. The molecule has 178 valence electrons. The Morgan fingerprint density at radius 3 is 2.18 bits per heavy atom. The Morgan fingerprint density at radius 2 is 1.61 bits per heavy atom. The van der Waals surface area contributed by atoms with Crippen LogP contribution in [0, 0.1) is 0 Å². The summed E-state index contributed by atoms with van der Waals surface area (Å²) in [6, 6.07) is 7.84. The summed E-state index contributed by atoms with van der Waals surface area (Å²) in [4.78, 5) is 24.5. The van der Waals surface area contributed by atoms with Gasteiger partial charge in [0.25, 0.3) is 5.91 Å². The summed E-state index contributed by atoms with van der Waals surface area (Å²) in [7, 11) is 4.34. The number of thiocarbonyl (C=S) groups is 1. The van der Waals surface area contributed by atoms with Crippen LogP contribution in [-0.4, -0.2) is 44.9 Å². The second kappa shape index (κ2) is 12.9. The molecule has 9 nitrogen and oxygen atoms in total. The lowest BCUT2D eigenvalue weighted by Crippen LogP contribution is -2.48. The fourth-order valence-corrected chi connectivity index (χ4v) is 3.22. The summed E-state index contributed by atoms with van der Waals surface area (Å²) < 4.78 is 21.2. The third-order valence-corrected chi connectivity index (χ3v) is 4.90. The minimum atomic E-state index is -0.533. The largest absolute Gasteiger partial charge is 0.493 e. The van der Waals surface area contributed by atoms with Crippen molar-refractivity contribution in [3.63, 3.8) is 0 Å². The Labute approximate surface area is 206 Å². The Hall–Kier alpha value is -2.95. The average Bonchev–Trinajstić information content (AvgIpc) is 2.80. The van der Waals surface area contributed by atoms with Crippen molar-refractivity contribution in [1.29, 1.82) is 0 Å². The SMILES string of the molecule is COc1cc(C(=O)NC(=S)NNC(=O)CCCOc2ccc(Cl)cc2Cl)cc(OC)c1OC. The van der Waals surface area contributed by atoms with E-state index in [0.717, 1.165) is 0 Å². The van der Waals surface area contributed by atoms with E-state index in [1.54, 1.807) is 18.2 Å². The van der Waals surface area contributed by atoms with Crippen molar-refractivity contribution < 1.29 is 28.5 Å². The van der Waals surface area contributed by atoms with Crippen molar-refractivity contribution in [2.45, 2.75) is 12.8 Å². The van der Waals surface area contributed by atoms with Crippen molar-refractivity contribution >= 4 is 52.3 Å². The Bertz CT molecular complexity index is 996. The fourth-order valence-electron chi connectivity index (χ4n) is 2.61. The minimum Gasteiger partial charge on any atom is -0.493 e. The van der Waals surface area contributed by atoms with Crippen LogP contribution in [0.5, 0.6) is 23.0 Å². The monoisotopic (exact) mass is 515 g/mol. The summed E-state index contributed by atoms with van der Waals surface area (Å²) in [5, 5.41) is 3.26. The first-order valence-corrected chi connectivity index (χ1v) is 10.7. The number of methoxy groups -OCH3 is 3. The lowest BCUT2D eigenvalue weighted by molar-refractivity contribution is -0.121. The molecule has 12 heteroatoms. The van der Waals surface area contributed by atoms with E-state index in [1.165, 1.54) is 33.5 Å². The van der Waals surface area contributed by atoms with Crippen LogP contribution in [0.25, 0.3) is 0 Å².